The third-order valence-corrected chi connectivity index (χ3v) is 4.84. The third-order valence-electron chi connectivity index (χ3n) is 3.76. The number of carbonyl (C=O) groups is 2. The predicted octanol–water partition coefficient (Wildman–Crippen LogP) is 3.02. The van der Waals surface area contributed by atoms with Gasteiger partial charge in [-0.1, -0.05) is 11.8 Å². The SMILES string of the molecule is CCOc1ccc(NC(=O)C[C@@H]2SC(=NN=C(C)c3ccco3)NC2=O)cc1. The Morgan fingerprint density at radius 2 is 2.11 bits per heavy atom. The molecule has 3 rings (SSSR count). The zero-order chi connectivity index (χ0) is 19.9. The minimum atomic E-state index is -0.555. The van der Waals surface area contributed by atoms with Crippen LogP contribution in [0.1, 0.15) is 26.0 Å². The van der Waals surface area contributed by atoms with Crippen LogP contribution < -0.4 is 15.4 Å². The number of benzene rings is 1. The molecule has 0 radical (unpaired) electrons. The lowest BCUT2D eigenvalue weighted by molar-refractivity contribution is -0.122. The van der Waals surface area contributed by atoms with Crippen molar-refractivity contribution >= 4 is 40.1 Å². The van der Waals surface area contributed by atoms with Gasteiger partial charge in [0.2, 0.25) is 11.8 Å². The van der Waals surface area contributed by atoms with E-state index in [0.717, 1.165) is 5.75 Å². The maximum absolute atomic E-state index is 12.2. The summed E-state index contributed by atoms with van der Waals surface area (Å²) in [6.07, 6.45) is 1.58. The molecule has 0 aliphatic carbocycles. The Morgan fingerprint density at radius 3 is 2.79 bits per heavy atom. The fourth-order valence-electron chi connectivity index (χ4n) is 2.42. The molecule has 2 heterocycles. The molecule has 2 N–H and O–H groups in total. The Morgan fingerprint density at radius 1 is 1.32 bits per heavy atom. The topological polar surface area (TPSA) is 105 Å². The number of anilines is 1. The van der Waals surface area contributed by atoms with Crippen LogP contribution in [0.4, 0.5) is 5.69 Å². The second-order valence-corrected chi connectivity index (χ2v) is 7.06. The lowest BCUT2D eigenvalue weighted by Gasteiger charge is -2.08. The second kappa shape index (κ2) is 9.23. The van der Waals surface area contributed by atoms with Crippen molar-refractivity contribution < 1.29 is 18.7 Å². The Hall–Kier alpha value is -3.07. The molecule has 28 heavy (non-hydrogen) atoms. The standard InChI is InChI=1S/C19H20N4O4S/c1-3-26-14-8-6-13(7-9-14)20-17(24)11-16-18(25)21-19(28-16)23-22-12(2)15-5-4-10-27-15/h4-10,16H,3,11H2,1-2H3,(H,20,24)(H,21,23,25)/t16-/m0/s1. The van der Waals surface area contributed by atoms with Crippen LogP contribution in [0.3, 0.4) is 0 Å². The minimum Gasteiger partial charge on any atom is -0.494 e. The molecule has 0 saturated carbocycles. The summed E-state index contributed by atoms with van der Waals surface area (Å²) < 4.78 is 10.6. The van der Waals surface area contributed by atoms with Gasteiger partial charge in [-0.3, -0.25) is 9.59 Å². The minimum absolute atomic E-state index is 0.0314. The summed E-state index contributed by atoms with van der Waals surface area (Å²) in [6, 6.07) is 10.6. The van der Waals surface area contributed by atoms with Crippen LogP contribution in [0.25, 0.3) is 0 Å². The van der Waals surface area contributed by atoms with Gasteiger partial charge in [0, 0.05) is 12.1 Å². The van der Waals surface area contributed by atoms with E-state index in [4.69, 9.17) is 9.15 Å². The number of hydrogen-bond donors (Lipinski definition) is 2. The molecular weight excluding hydrogens is 380 g/mol. The maximum atomic E-state index is 12.2. The maximum Gasteiger partial charge on any atom is 0.240 e. The fraction of sp³-hybridized carbons (Fsp3) is 0.263. The van der Waals surface area contributed by atoms with Gasteiger partial charge in [0.1, 0.15) is 22.5 Å². The molecule has 2 amide bonds. The lowest BCUT2D eigenvalue weighted by atomic mass is 10.2. The number of ether oxygens (including phenoxy) is 1. The molecule has 1 aliphatic heterocycles. The van der Waals surface area contributed by atoms with E-state index in [-0.39, 0.29) is 18.2 Å². The van der Waals surface area contributed by atoms with Gasteiger partial charge in [-0.25, -0.2) is 0 Å². The van der Waals surface area contributed by atoms with Gasteiger partial charge >= 0.3 is 0 Å². The van der Waals surface area contributed by atoms with Gasteiger partial charge < -0.3 is 19.8 Å². The van der Waals surface area contributed by atoms with Crippen LogP contribution >= 0.6 is 11.8 Å². The highest BCUT2D eigenvalue weighted by Gasteiger charge is 2.32. The van der Waals surface area contributed by atoms with Crippen molar-refractivity contribution in [1.29, 1.82) is 0 Å². The Balaban J connectivity index is 1.54. The van der Waals surface area contributed by atoms with Gasteiger partial charge in [0.05, 0.1) is 12.9 Å². The van der Waals surface area contributed by atoms with Crippen LogP contribution in [-0.4, -0.2) is 34.6 Å². The van der Waals surface area contributed by atoms with E-state index < -0.39 is 5.25 Å². The number of amidine groups is 1. The largest absolute Gasteiger partial charge is 0.494 e. The monoisotopic (exact) mass is 400 g/mol. The van der Waals surface area contributed by atoms with Gasteiger partial charge in [0.25, 0.3) is 0 Å². The van der Waals surface area contributed by atoms with E-state index in [1.54, 1.807) is 49.6 Å². The number of hydrogen-bond acceptors (Lipinski definition) is 7. The van der Waals surface area contributed by atoms with Gasteiger partial charge in [-0.15, -0.1) is 10.2 Å². The first-order valence-corrected chi connectivity index (χ1v) is 9.59. The number of nitrogens with one attached hydrogen (secondary N) is 2. The molecule has 0 bridgehead atoms. The molecule has 1 fully saturated rings. The average molecular weight is 400 g/mol. The first-order valence-electron chi connectivity index (χ1n) is 8.71. The van der Waals surface area contributed by atoms with Crippen LogP contribution in [-0.2, 0) is 9.59 Å². The zero-order valence-electron chi connectivity index (χ0n) is 15.5. The van der Waals surface area contributed by atoms with Gasteiger partial charge in [-0.2, -0.15) is 0 Å². The van der Waals surface area contributed by atoms with Crippen molar-refractivity contribution in [2.75, 3.05) is 11.9 Å². The van der Waals surface area contributed by atoms with Crippen LogP contribution in [0.2, 0.25) is 0 Å². The number of amides is 2. The Kier molecular flexibility index (Phi) is 6.49. The highest BCUT2D eigenvalue weighted by Crippen LogP contribution is 2.23. The van der Waals surface area contributed by atoms with Crippen molar-refractivity contribution in [2.45, 2.75) is 25.5 Å². The lowest BCUT2D eigenvalue weighted by Crippen LogP contribution is -2.28. The molecule has 2 aromatic rings. The van der Waals surface area contributed by atoms with Crippen molar-refractivity contribution in [1.82, 2.24) is 5.32 Å². The summed E-state index contributed by atoms with van der Waals surface area (Å²) in [4.78, 5) is 24.3. The Labute approximate surface area is 166 Å². The number of nitrogens with zero attached hydrogens (tertiary/aromatic N) is 2. The van der Waals surface area contributed by atoms with Crippen molar-refractivity contribution in [2.24, 2.45) is 10.2 Å². The van der Waals surface area contributed by atoms with Crippen LogP contribution in [0.15, 0.2) is 57.3 Å². The number of carbonyl (C=O) groups excluding carboxylic acids is 2. The molecule has 1 aromatic heterocycles. The quantitative estimate of drug-likeness (QED) is 0.549. The van der Waals surface area contributed by atoms with E-state index in [1.165, 1.54) is 11.8 Å². The molecular formula is C19H20N4O4S. The number of thioether (sulfide) groups is 1. The van der Waals surface area contributed by atoms with Crippen molar-refractivity contribution in [3.05, 3.63) is 48.4 Å². The van der Waals surface area contributed by atoms with Crippen molar-refractivity contribution in [3.8, 4) is 5.75 Å². The molecule has 9 heteroatoms. The molecule has 0 unspecified atom stereocenters. The summed E-state index contributed by atoms with van der Waals surface area (Å²) in [5.74, 6) is 0.812. The zero-order valence-corrected chi connectivity index (χ0v) is 16.3. The predicted molar refractivity (Wildman–Crippen MR) is 109 cm³/mol. The number of furan rings is 1. The Bertz CT molecular complexity index is 891. The smallest absolute Gasteiger partial charge is 0.240 e. The highest BCUT2D eigenvalue weighted by molar-refractivity contribution is 8.15. The normalized spacial score (nSPS) is 18.2. The summed E-state index contributed by atoms with van der Waals surface area (Å²) in [6.45, 7) is 4.24. The van der Waals surface area contributed by atoms with E-state index in [2.05, 4.69) is 20.8 Å². The summed E-state index contributed by atoms with van der Waals surface area (Å²) in [7, 11) is 0. The van der Waals surface area contributed by atoms with E-state index in [0.29, 0.717) is 28.9 Å². The molecule has 1 aromatic carbocycles. The average Bonchev–Trinajstić information content (AvgIpc) is 3.32. The molecule has 1 atom stereocenters. The van der Waals surface area contributed by atoms with Crippen molar-refractivity contribution in [3.63, 3.8) is 0 Å². The van der Waals surface area contributed by atoms with E-state index >= 15 is 0 Å². The number of rotatable bonds is 7. The fourth-order valence-corrected chi connectivity index (χ4v) is 3.34. The summed E-state index contributed by atoms with van der Waals surface area (Å²) in [5.41, 5.74) is 1.23. The second-order valence-electron chi connectivity index (χ2n) is 5.87. The van der Waals surface area contributed by atoms with E-state index in [9.17, 15) is 9.59 Å². The molecule has 8 nitrogen and oxygen atoms in total. The van der Waals surface area contributed by atoms with Crippen LogP contribution in [0, 0.1) is 0 Å². The summed E-state index contributed by atoms with van der Waals surface area (Å²) in [5, 5.41) is 13.3. The van der Waals surface area contributed by atoms with Gasteiger partial charge in [0.15, 0.2) is 5.17 Å². The molecule has 146 valence electrons. The first kappa shape index (κ1) is 19.7. The molecule has 0 spiro atoms. The highest BCUT2D eigenvalue weighted by atomic mass is 32.2. The first-order chi connectivity index (χ1) is 13.5. The summed E-state index contributed by atoms with van der Waals surface area (Å²) >= 11 is 1.18. The third kappa shape index (κ3) is 5.23. The molecule has 1 aliphatic rings. The molecule has 1 saturated heterocycles. The van der Waals surface area contributed by atoms with E-state index in [1.807, 2.05) is 6.92 Å². The van der Waals surface area contributed by atoms with Gasteiger partial charge in [-0.05, 0) is 50.2 Å². The van der Waals surface area contributed by atoms with Crippen LogP contribution in [0.5, 0.6) is 5.75 Å².